The van der Waals surface area contributed by atoms with Gasteiger partial charge in [-0.2, -0.15) is 0 Å². The van der Waals surface area contributed by atoms with E-state index in [9.17, 15) is 19.5 Å². The first-order chi connectivity index (χ1) is 16.0. The van der Waals surface area contributed by atoms with Gasteiger partial charge in [0.25, 0.3) is 0 Å². The summed E-state index contributed by atoms with van der Waals surface area (Å²) < 4.78 is 6.41. The molecule has 1 aromatic rings. The summed E-state index contributed by atoms with van der Waals surface area (Å²) in [6.07, 6.45) is 6.01. The molecule has 1 aliphatic carbocycles. The average Bonchev–Trinajstić information content (AvgIpc) is 3.47. The van der Waals surface area contributed by atoms with Crippen LogP contribution in [0.5, 0.6) is 0 Å². The Morgan fingerprint density at radius 2 is 1.88 bits per heavy atom. The number of carbonyl (C=O) groups excluding carboxylic acids is 3. The first-order valence-electron chi connectivity index (χ1n) is 12.2. The molecule has 1 aromatic carbocycles. The van der Waals surface area contributed by atoms with E-state index >= 15 is 0 Å². The maximum absolute atomic E-state index is 13.7. The average molecular weight is 456 g/mol. The molecule has 1 saturated carbocycles. The summed E-state index contributed by atoms with van der Waals surface area (Å²) >= 11 is 0. The van der Waals surface area contributed by atoms with Crippen molar-refractivity contribution in [3.63, 3.8) is 0 Å². The van der Waals surface area contributed by atoms with Crippen LogP contribution in [0, 0.1) is 11.8 Å². The number of hydrogen-bond acceptors (Lipinski definition) is 5. The molecule has 2 unspecified atom stereocenters. The van der Waals surface area contributed by atoms with Crippen LogP contribution in [-0.2, 0) is 19.1 Å². The lowest BCUT2D eigenvalue weighted by atomic mass is 9.70. The minimum atomic E-state index is -1.03. The van der Waals surface area contributed by atoms with E-state index in [1.54, 1.807) is 19.1 Å². The molecular weight excluding hydrogens is 422 g/mol. The number of aliphatic hydroxyl groups is 1. The number of benzene rings is 1. The fourth-order valence-electron chi connectivity index (χ4n) is 6.53. The van der Waals surface area contributed by atoms with Crippen molar-refractivity contribution in [1.29, 1.82) is 0 Å². The van der Waals surface area contributed by atoms with E-state index < -0.39 is 29.5 Å². The smallest absolute Gasteiger partial charge is 0.246 e. The Kier molecular flexibility index (Phi) is 5.91. The predicted octanol–water partition coefficient (Wildman–Crippen LogP) is 1.83. The largest absolute Gasteiger partial charge is 0.394 e. The van der Waals surface area contributed by atoms with Gasteiger partial charge in [-0.15, -0.1) is 0 Å². The van der Waals surface area contributed by atoms with Crippen LogP contribution in [0.1, 0.15) is 51.9 Å². The van der Waals surface area contributed by atoms with Crippen LogP contribution >= 0.6 is 0 Å². The lowest BCUT2D eigenvalue weighted by molar-refractivity contribution is -0.145. The SMILES string of the molecule is C[C@H](CO)N1C(=O)[C@@H]2[C@H](C(=O)Nc3ccccc3)[C@@H]3CCC2(O3)C1C(=O)NC1CCCCC1. The van der Waals surface area contributed by atoms with Crippen molar-refractivity contribution in [2.24, 2.45) is 11.8 Å². The summed E-state index contributed by atoms with van der Waals surface area (Å²) in [6.45, 7) is 1.48. The molecule has 4 fully saturated rings. The second kappa shape index (κ2) is 8.72. The molecule has 3 aliphatic heterocycles. The number of rotatable bonds is 6. The van der Waals surface area contributed by atoms with Gasteiger partial charge in [-0.3, -0.25) is 14.4 Å². The van der Waals surface area contributed by atoms with Gasteiger partial charge in [0, 0.05) is 11.7 Å². The maximum atomic E-state index is 13.7. The molecular formula is C25H33N3O5. The van der Waals surface area contributed by atoms with Crippen molar-refractivity contribution in [2.45, 2.75) is 81.7 Å². The highest BCUT2D eigenvalue weighted by molar-refractivity contribution is 6.02. The summed E-state index contributed by atoms with van der Waals surface area (Å²) in [6, 6.07) is 7.88. The number of hydrogen-bond donors (Lipinski definition) is 3. The zero-order valence-electron chi connectivity index (χ0n) is 19.0. The van der Waals surface area contributed by atoms with E-state index in [0.717, 1.165) is 25.7 Å². The number of nitrogens with one attached hydrogen (secondary N) is 2. The minimum Gasteiger partial charge on any atom is -0.394 e. The van der Waals surface area contributed by atoms with Crippen LogP contribution in [0.25, 0.3) is 0 Å². The Labute approximate surface area is 194 Å². The van der Waals surface area contributed by atoms with Crippen LogP contribution in [0.3, 0.4) is 0 Å². The van der Waals surface area contributed by atoms with Gasteiger partial charge < -0.3 is 25.4 Å². The fourth-order valence-corrected chi connectivity index (χ4v) is 6.53. The second-order valence-corrected chi connectivity index (χ2v) is 10.0. The Morgan fingerprint density at radius 3 is 2.58 bits per heavy atom. The predicted molar refractivity (Wildman–Crippen MR) is 121 cm³/mol. The van der Waals surface area contributed by atoms with E-state index in [1.807, 2.05) is 18.2 Å². The van der Waals surface area contributed by atoms with E-state index in [1.165, 1.54) is 11.3 Å². The van der Waals surface area contributed by atoms with Crippen molar-refractivity contribution < 1.29 is 24.2 Å². The summed E-state index contributed by atoms with van der Waals surface area (Å²) in [5, 5.41) is 16.0. The molecule has 3 heterocycles. The van der Waals surface area contributed by atoms with Crippen LogP contribution in [-0.4, -0.2) is 64.2 Å². The topological polar surface area (TPSA) is 108 Å². The van der Waals surface area contributed by atoms with Crippen molar-refractivity contribution in [2.75, 3.05) is 11.9 Å². The Morgan fingerprint density at radius 1 is 1.15 bits per heavy atom. The number of amides is 3. The van der Waals surface area contributed by atoms with E-state index in [0.29, 0.717) is 18.5 Å². The van der Waals surface area contributed by atoms with Crippen molar-refractivity contribution >= 4 is 23.4 Å². The third-order valence-corrected chi connectivity index (χ3v) is 8.02. The lowest BCUT2D eigenvalue weighted by Crippen LogP contribution is -2.59. The second-order valence-electron chi connectivity index (χ2n) is 10.0. The molecule has 3 amide bonds. The number of anilines is 1. The molecule has 1 spiro atoms. The lowest BCUT2D eigenvalue weighted by Gasteiger charge is -2.37. The van der Waals surface area contributed by atoms with Gasteiger partial charge in [0.05, 0.1) is 30.6 Å². The summed E-state index contributed by atoms with van der Waals surface area (Å²) in [7, 11) is 0. The molecule has 178 valence electrons. The normalized spacial score (nSPS) is 34.2. The van der Waals surface area contributed by atoms with Gasteiger partial charge in [0.1, 0.15) is 11.6 Å². The molecule has 5 rings (SSSR count). The fraction of sp³-hybridized carbons (Fsp3) is 0.640. The van der Waals surface area contributed by atoms with Crippen LogP contribution in [0.15, 0.2) is 30.3 Å². The highest BCUT2D eigenvalue weighted by atomic mass is 16.5. The first kappa shape index (κ1) is 22.3. The first-order valence-corrected chi connectivity index (χ1v) is 12.2. The molecule has 33 heavy (non-hydrogen) atoms. The number of carbonyl (C=O) groups is 3. The summed E-state index contributed by atoms with van der Waals surface area (Å²) in [4.78, 5) is 42.1. The number of likely N-dealkylation sites (tertiary alicyclic amines) is 1. The third kappa shape index (κ3) is 3.64. The minimum absolute atomic E-state index is 0.0962. The van der Waals surface area contributed by atoms with Crippen molar-refractivity contribution in [3.8, 4) is 0 Å². The zero-order valence-corrected chi connectivity index (χ0v) is 19.0. The zero-order chi connectivity index (χ0) is 23.2. The number of fused-ring (bicyclic) bond motifs is 1. The molecule has 4 aliphatic rings. The van der Waals surface area contributed by atoms with Gasteiger partial charge in [-0.1, -0.05) is 37.5 Å². The van der Waals surface area contributed by atoms with Crippen molar-refractivity contribution in [3.05, 3.63) is 30.3 Å². The molecule has 8 heteroatoms. The molecule has 6 atom stereocenters. The van der Waals surface area contributed by atoms with E-state index in [2.05, 4.69) is 10.6 Å². The highest BCUT2D eigenvalue weighted by Crippen LogP contribution is 2.58. The van der Waals surface area contributed by atoms with E-state index in [-0.39, 0.29) is 36.5 Å². The molecule has 0 aromatic heterocycles. The van der Waals surface area contributed by atoms with Crippen LogP contribution < -0.4 is 10.6 Å². The summed E-state index contributed by atoms with van der Waals surface area (Å²) in [5.74, 6) is -2.13. The van der Waals surface area contributed by atoms with Crippen molar-refractivity contribution in [1.82, 2.24) is 10.2 Å². The Bertz CT molecular complexity index is 918. The van der Waals surface area contributed by atoms with Gasteiger partial charge in [-0.25, -0.2) is 0 Å². The monoisotopic (exact) mass is 455 g/mol. The molecule has 2 bridgehead atoms. The standard InChI is InChI=1S/C25H33N3O5/c1-15(14-29)28-21(23(31)27-17-10-6-3-7-11-17)25-13-12-18(33-25)19(20(25)24(28)32)22(30)26-16-8-4-2-5-9-16/h2,4-5,8-9,15,17-21,29H,3,6-7,10-14H2,1H3,(H,26,30)(H,27,31)/t15-,18+,19-,20+,21?,25?/m1/s1. The van der Waals surface area contributed by atoms with Gasteiger partial charge >= 0.3 is 0 Å². The number of ether oxygens (including phenoxy) is 1. The number of para-hydroxylation sites is 1. The molecule has 0 radical (unpaired) electrons. The number of aliphatic hydroxyl groups excluding tert-OH is 1. The number of nitrogens with zero attached hydrogens (tertiary/aromatic N) is 1. The van der Waals surface area contributed by atoms with Crippen LogP contribution in [0.2, 0.25) is 0 Å². The van der Waals surface area contributed by atoms with E-state index in [4.69, 9.17) is 4.74 Å². The third-order valence-electron chi connectivity index (χ3n) is 8.02. The molecule has 3 N–H and O–H groups in total. The summed E-state index contributed by atoms with van der Waals surface area (Å²) in [5.41, 5.74) is -0.361. The molecule has 8 nitrogen and oxygen atoms in total. The van der Waals surface area contributed by atoms with Gasteiger partial charge in [-0.05, 0) is 44.7 Å². The Balaban J connectivity index is 1.44. The van der Waals surface area contributed by atoms with Crippen LogP contribution in [0.4, 0.5) is 5.69 Å². The molecule has 3 saturated heterocycles. The Hall–Kier alpha value is -2.45. The quantitative estimate of drug-likeness (QED) is 0.607. The van der Waals surface area contributed by atoms with Gasteiger partial charge in [0.2, 0.25) is 17.7 Å². The maximum Gasteiger partial charge on any atom is 0.246 e. The van der Waals surface area contributed by atoms with Gasteiger partial charge in [0.15, 0.2) is 0 Å². The highest BCUT2D eigenvalue weighted by Gasteiger charge is 2.74.